The van der Waals surface area contributed by atoms with Crippen LogP contribution in [-0.4, -0.2) is 62.8 Å². The van der Waals surface area contributed by atoms with E-state index in [1.54, 1.807) is 31.4 Å². The molecule has 3 aromatic rings. The molecule has 0 spiro atoms. The van der Waals surface area contributed by atoms with E-state index in [0.29, 0.717) is 46.6 Å². The lowest BCUT2D eigenvalue weighted by Gasteiger charge is -2.31. The molecule has 9 nitrogen and oxygen atoms in total. The lowest BCUT2D eigenvalue weighted by molar-refractivity contribution is 0.0980. The molecule has 10 heteroatoms. The minimum atomic E-state index is -0.0973. The fourth-order valence-corrected chi connectivity index (χ4v) is 5.27. The predicted octanol–water partition coefficient (Wildman–Crippen LogP) is 3.25. The Labute approximate surface area is 208 Å². The molecule has 1 saturated heterocycles. The van der Waals surface area contributed by atoms with E-state index < -0.39 is 0 Å². The molecule has 0 unspecified atom stereocenters. The molecule has 1 aromatic carbocycles. The summed E-state index contributed by atoms with van der Waals surface area (Å²) in [7, 11) is 3.16. The molecule has 2 aliphatic rings. The SMILES string of the molecule is C=C(Nc1cnccc1N1CCNCC1)c1csc(N2CCc3cc(OC)c(OC)cc3C2=O)n1. The number of methoxy groups -OCH3 is 2. The third-order valence-electron chi connectivity index (χ3n) is 6.26. The first-order valence-electron chi connectivity index (χ1n) is 11.5. The summed E-state index contributed by atoms with van der Waals surface area (Å²) in [6, 6.07) is 5.64. The summed E-state index contributed by atoms with van der Waals surface area (Å²) in [6.07, 6.45) is 4.32. The number of amides is 1. The maximum absolute atomic E-state index is 13.3. The van der Waals surface area contributed by atoms with Crippen LogP contribution >= 0.6 is 11.3 Å². The van der Waals surface area contributed by atoms with E-state index in [-0.39, 0.29) is 5.91 Å². The Morgan fingerprint density at radius 3 is 2.71 bits per heavy atom. The third-order valence-corrected chi connectivity index (χ3v) is 7.13. The maximum Gasteiger partial charge on any atom is 0.260 e. The quantitative estimate of drug-likeness (QED) is 0.519. The van der Waals surface area contributed by atoms with Crippen molar-refractivity contribution in [1.82, 2.24) is 15.3 Å². The second-order valence-electron chi connectivity index (χ2n) is 8.32. The summed E-state index contributed by atoms with van der Waals surface area (Å²) in [6.45, 7) is 8.51. The molecule has 0 atom stereocenters. The van der Waals surface area contributed by atoms with E-state index in [0.717, 1.165) is 43.1 Å². The number of hydrogen-bond donors (Lipinski definition) is 2. The Hall–Kier alpha value is -3.63. The molecule has 2 N–H and O–H groups in total. The summed E-state index contributed by atoms with van der Waals surface area (Å²) in [5.74, 6) is 1.07. The molecular formula is C25H28N6O3S. The highest BCUT2D eigenvalue weighted by Crippen LogP contribution is 2.36. The van der Waals surface area contributed by atoms with Crippen LogP contribution in [0.5, 0.6) is 11.5 Å². The zero-order valence-electron chi connectivity index (χ0n) is 19.8. The van der Waals surface area contributed by atoms with Crippen molar-refractivity contribution in [2.24, 2.45) is 0 Å². The number of pyridine rings is 1. The van der Waals surface area contributed by atoms with E-state index in [2.05, 4.69) is 27.1 Å². The number of ether oxygens (including phenoxy) is 2. The fourth-order valence-electron chi connectivity index (χ4n) is 4.41. The van der Waals surface area contributed by atoms with E-state index in [1.807, 2.05) is 23.7 Å². The van der Waals surface area contributed by atoms with Crippen molar-refractivity contribution in [1.29, 1.82) is 0 Å². The van der Waals surface area contributed by atoms with Crippen molar-refractivity contribution in [2.75, 3.05) is 62.1 Å². The van der Waals surface area contributed by atoms with Crippen LogP contribution in [0.15, 0.2) is 42.6 Å². The van der Waals surface area contributed by atoms with Gasteiger partial charge in [0.05, 0.1) is 43.2 Å². The smallest absolute Gasteiger partial charge is 0.260 e. The molecule has 2 aliphatic heterocycles. The number of hydrogen-bond acceptors (Lipinski definition) is 9. The van der Waals surface area contributed by atoms with Crippen molar-refractivity contribution in [3.8, 4) is 11.5 Å². The average Bonchev–Trinajstić information content (AvgIpc) is 3.39. The Morgan fingerprint density at radius 2 is 1.94 bits per heavy atom. The van der Waals surface area contributed by atoms with Crippen LogP contribution in [0.3, 0.4) is 0 Å². The summed E-state index contributed by atoms with van der Waals surface area (Å²) >= 11 is 1.43. The van der Waals surface area contributed by atoms with Crippen molar-refractivity contribution >= 4 is 39.4 Å². The van der Waals surface area contributed by atoms with Crippen molar-refractivity contribution in [3.63, 3.8) is 0 Å². The number of carbonyl (C=O) groups excluding carboxylic acids is 1. The Morgan fingerprint density at radius 1 is 1.17 bits per heavy atom. The highest BCUT2D eigenvalue weighted by molar-refractivity contribution is 7.14. The number of benzene rings is 1. The zero-order valence-corrected chi connectivity index (χ0v) is 20.7. The Bertz CT molecular complexity index is 1250. The molecular weight excluding hydrogens is 464 g/mol. The summed E-state index contributed by atoms with van der Waals surface area (Å²) in [5, 5.41) is 9.32. The maximum atomic E-state index is 13.3. The van der Waals surface area contributed by atoms with Crippen LogP contribution < -0.4 is 29.9 Å². The number of anilines is 3. The molecule has 0 aliphatic carbocycles. The van der Waals surface area contributed by atoms with Crippen LogP contribution in [-0.2, 0) is 6.42 Å². The van der Waals surface area contributed by atoms with Gasteiger partial charge in [-0.15, -0.1) is 11.3 Å². The molecule has 182 valence electrons. The number of piperazine rings is 1. The monoisotopic (exact) mass is 492 g/mol. The number of carbonyl (C=O) groups is 1. The molecule has 4 heterocycles. The number of thiazole rings is 1. The second-order valence-corrected chi connectivity index (χ2v) is 9.16. The molecule has 0 radical (unpaired) electrons. The van der Waals surface area contributed by atoms with E-state index in [4.69, 9.17) is 14.5 Å². The molecule has 0 saturated carbocycles. The van der Waals surface area contributed by atoms with Crippen molar-refractivity contribution in [2.45, 2.75) is 6.42 Å². The molecule has 5 rings (SSSR count). The van der Waals surface area contributed by atoms with Crippen LogP contribution in [0, 0.1) is 0 Å². The number of nitrogens with one attached hydrogen (secondary N) is 2. The average molecular weight is 493 g/mol. The van der Waals surface area contributed by atoms with E-state index >= 15 is 0 Å². The van der Waals surface area contributed by atoms with Gasteiger partial charge in [-0.25, -0.2) is 4.98 Å². The standard InChI is InChI=1S/C25H28N6O3S/c1-16(28-19-14-27-6-4-21(19)30-10-7-26-8-11-30)20-15-35-25(29-20)31-9-5-17-12-22(33-2)23(34-3)13-18(17)24(31)32/h4,6,12-15,26,28H,1,5,7-11H2,2-3H3. The Balaban J connectivity index is 1.34. The van der Waals surface area contributed by atoms with Gasteiger partial charge in [0.25, 0.3) is 5.91 Å². The van der Waals surface area contributed by atoms with Gasteiger partial charge in [0.1, 0.15) is 0 Å². The predicted molar refractivity (Wildman–Crippen MR) is 139 cm³/mol. The normalized spacial score (nSPS) is 15.5. The van der Waals surface area contributed by atoms with Gasteiger partial charge < -0.3 is 25.0 Å². The molecule has 1 fully saturated rings. The highest BCUT2D eigenvalue weighted by atomic mass is 32.1. The minimum absolute atomic E-state index is 0.0973. The zero-order chi connectivity index (χ0) is 24.4. The van der Waals surface area contributed by atoms with Crippen molar-refractivity contribution in [3.05, 3.63) is 59.4 Å². The largest absolute Gasteiger partial charge is 0.493 e. The van der Waals surface area contributed by atoms with Crippen LogP contribution in [0.2, 0.25) is 0 Å². The molecule has 1 amide bonds. The second kappa shape index (κ2) is 9.93. The first kappa shape index (κ1) is 23.1. The number of aromatic nitrogens is 2. The first-order chi connectivity index (χ1) is 17.1. The van der Waals surface area contributed by atoms with Crippen LogP contribution in [0.25, 0.3) is 5.70 Å². The molecule has 35 heavy (non-hydrogen) atoms. The van der Waals surface area contributed by atoms with Gasteiger partial charge >= 0.3 is 0 Å². The molecule has 0 bridgehead atoms. The highest BCUT2D eigenvalue weighted by Gasteiger charge is 2.29. The summed E-state index contributed by atoms with van der Waals surface area (Å²) < 4.78 is 10.8. The van der Waals surface area contributed by atoms with E-state index in [1.165, 1.54) is 11.3 Å². The Kier molecular flexibility index (Phi) is 6.56. The van der Waals surface area contributed by atoms with Gasteiger partial charge in [0.2, 0.25) is 0 Å². The van der Waals surface area contributed by atoms with Gasteiger partial charge in [-0.1, -0.05) is 6.58 Å². The summed E-state index contributed by atoms with van der Waals surface area (Å²) in [5.41, 5.74) is 4.89. The van der Waals surface area contributed by atoms with Gasteiger partial charge in [-0.2, -0.15) is 0 Å². The van der Waals surface area contributed by atoms with Gasteiger partial charge in [0, 0.05) is 49.9 Å². The number of nitrogens with zero attached hydrogens (tertiary/aromatic N) is 4. The van der Waals surface area contributed by atoms with Crippen LogP contribution in [0.4, 0.5) is 16.5 Å². The minimum Gasteiger partial charge on any atom is -0.493 e. The lowest BCUT2D eigenvalue weighted by atomic mass is 9.98. The third kappa shape index (κ3) is 4.54. The molecule has 2 aromatic heterocycles. The van der Waals surface area contributed by atoms with Crippen LogP contribution in [0.1, 0.15) is 21.6 Å². The number of fused-ring (bicyclic) bond motifs is 1. The first-order valence-corrected chi connectivity index (χ1v) is 12.3. The van der Waals surface area contributed by atoms with Gasteiger partial charge in [-0.05, 0) is 30.2 Å². The summed E-state index contributed by atoms with van der Waals surface area (Å²) in [4.78, 5) is 26.4. The fraction of sp³-hybridized carbons (Fsp3) is 0.320. The van der Waals surface area contributed by atoms with E-state index in [9.17, 15) is 4.79 Å². The van der Waals surface area contributed by atoms with Gasteiger partial charge in [0.15, 0.2) is 16.6 Å². The van der Waals surface area contributed by atoms with Gasteiger partial charge in [-0.3, -0.25) is 14.7 Å². The van der Waals surface area contributed by atoms with Crippen molar-refractivity contribution < 1.29 is 14.3 Å². The number of rotatable bonds is 7. The topological polar surface area (TPSA) is 91.9 Å². The lowest BCUT2D eigenvalue weighted by Crippen LogP contribution is -2.43.